The quantitative estimate of drug-likeness (QED) is 0.197. The number of carboxylic acids is 1. The number of anilines is 2. The first kappa shape index (κ1) is 33.0. The fourth-order valence-electron chi connectivity index (χ4n) is 6.41. The van der Waals surface area contributed by atoms with E-state index in [4.69, 9.17) is 15.2 Å². The van der Waals surface area contributed by atoms with Crippen molar-refractivity contribution in [1.29, 1.82) is 0 Å². The van der Waals surface area contributed by atoms with Gasteiger partial charge in [0.15, 0.2) is 11.6 Å². The summed E-state index contributed by atoms with van der Waals surface area (Å²) in [5.41, 5.74) is 7.07. The first-order valence-corrected chi connectivity index (χ1v) is 15.5. The molecule has 4 aromatic rings. The van der Waals surface area contributed by atoms with Gasteiger partial charge in [-0.3, -0.25) is 4.79 Å². The molecule has 2 atom stereocenters. The number of nitrogens with one attached hydrogen (secondary N) is 1. The molecule has 2 saturated heterocycles. The molecule has 0 radical (unpaired) electrons. The van der Waals surface area contributed by atoms with E-state index in [1.54, 1.807) is 26.0 Å². The van der Waals surface area contributed by atoms with Gasteiger partial charge in [-0.15, -0.1) is 0 Å². The Hall–Kier alpha value is -4.92. The predicted octanol–water partition coefficient (Wildman–Crippen LogP) is 5.47. The number of hydrogen-bond acceptors (Lipinski definition) is 9. The van der Waals surface area contributed by atoms with E-state index < -0.39 is 30.1 Å². The fourth-order valence-corrected chi connectivity index (χ4v) is 6.41. The Balaban J connectivity index is 1.31. The van der Waals surface area contributed by atoms with Gasteiger partial charge in [0.1, 0.15) is 11.9 Å². The van der Waals surface area contributed by atoms with Crippen molar-refractivity contribution in [2.45, 2.75) is 51.4 Å². The second-order valence-corrected chi connectivity index (χ2v) is 12.2. The van der Waals surface area contributed by atoms with Gasteiger partial charge in [0.05, 0.1) is 18.0 Å². The number of alkyl halides is 3. The minimum atomic E-state index is -4.89. The summed E-state index contributed by atoms with van der Waals surface area (Å²) in [5, 5.41) is 16.8. The zero-order chi connectivity index (χ0) is 34.2. The molecule has 2 aliphatic rings. The lowest BCUT2D eigenvalue weighted by Crippen LogP contribution is -2.41. The van der Waals surface area contributed by atoms with Crippen LogP contribution in [-0.4, -0.2) is 69.3 Å². The van der Waals surface area contributed by atoms with Crippen LogP contribution in [0.25, 0.3) is 16.8 Å². The van der Waals surface area contributed by atoms with E-state index in [2.05, 4.69) is 20.4 Å². The maximum Gasteiger partial charge on any atom is 0.429 e. The minimum absolute atomic E-state index is 0.0706. The number of aliphatic carboxylic acids is 1. The number of aromatic nitrogens is 4. The molecule has 15 heteroatoms. The van der Waals surface area contributed by atoms with Gasteiger partial charge in [-0.2, -0.15) is 28.2 Å². The number of nitrogen functional groups attached to an aromatic ring is 1. The number of carbonyl (C=O) groups is 1. The average molecular weight is 670 g/mol. The van der Waals surface area contributed by atoms with Crippen molar-refractivity contribution in [1.82, 2.24) is 25.1 Å². The molecule has 48 heavy (non-hydrogen) atoms. The molecule has 2 aliphatic heterocycles. The summed E-state index contributed by atoms with van der Waals surface area (Å²) >= 11 is 0. The van der Waals surface area contributed by atoms with Crippen molar-refractivity contribution in [3.63, 3.8) is 0 Å². The Morgan fingerprint density at radius 3 is 2.48 bits per heavy atom. The van der Waals surface area contributed by atoms with Crippen LogP contribution in [0.3, 0.4) is 0 Å². The average Bonchev–Trinajstić information content (AvgIpc) is 3.67. The number of carboxylic acid groups (broad SMARTS) is 1. The number of ether oxygens (including phenoxy) is 2. The number of nitrogens with two attached hydrogens (primary N) is 1. The van der Waals surface area contributed by atoms with E-state index in [-0.39, 0.29) is 40.9 Å². The van der Waals surface area contributed by atoms with Crippen molar-refractivity contribution in [2.24, 2.45) is 5.41 Å². The Labute approximate surface area is 273 Å². The van der Waals surface area contributed by atoms with Crippen LogP contribution < -0.4 is 25.4 Å². The summed E-state index contributed by atoms with van der Waals surface area (Å²) in [6, 6.07) is 11.0. The number of rotatable bonds is 9. The molecule has 0 aliphatic carbocycles. The molecular formula is C33H35F4N7O4. The molecule has 254 valence electrons. The number of piperidine rings is 1. The van der Waals surface area contributed by atoms with Crippen molar-refractivity contribution in [3.05, 3.63) is 71.8 Å². The van der Waals surface area contributed by atoms with E-state index in [1.807, 2.05) is 4.90 Å². The Morgan fingerprint density at radius 1 is 1.12 bits per heavy atom. The molecule has 4 N–H and O–H groups in total. The third-order valence-corrected chi connectivity index (χ3v) is 8.90. The number of halogens is 4. The van der Waals surface area contributed by atoms with Gasteiger partial charge in [-0.25, -0.2) is 9.07 Å². The van der Waals surface area contributed by atoms with Crippen LogP contribution in [0, 0.1) is 18.2 Å². The van der Waals surface area contributed by atoms with E-state index >= 15 is 0 Å². The Bertz CT molecular complexity index is 1810. The highest BCUT2D eigenvalue weighted by molar-refractivity contribution is 5.74. The second-order valence-electron chi connectivity index (χ2n) is 12.2. The predicted molar refractivity (Wildman–Crippen MR) is 169 cm³/mol. The van der Waals surface area contributed by atoms with Crippen molar-refractivity contribution < 1.29 is 36.9 Å². The lowest BCUT2D eigenvalue weighted by molar-refractivity contribution is -0.198. The van der Waals surface area contributed by atoms with Crippen molar-refractivity contribution >= 4 is 17.7 Å². The number of nitrogens with zero attached hydrogens (tertiary/aromatic N) is 5. The normalized spacial score (nSPS) is 18.2. The molecule has 1 spiro atoms. The van der Waals surface area contributed by atoms with Gasteiger partial charge in [0.25, 0.3) is 0 Å². The van der Waals surface area contributed by atoms with Gasteiger partial charge in [-0.05, 0) is 73.9 Å². The van der Waals surface area contributed by atoms with Crippen LogP contribution in [0.2, 0.25) is 0 Å². The van der Waals surface area contributed by atoms with Crippen LogP contribution in [0.5, 0.6) is 11.6 Å². The van der Waals surface area contributed by atoms with Gasteiger partial charge < -0.3 is 30.5 Å². The van der Waals surface area contributed by atoms with Crippen molar-refractivity contribution in [3.8, 4) is 28.4 Å². The van der Waals surface area contributed by atoms with Gasteiger partial charge in [-0.1, -0.05) is 18.2 Å². The highest BCUT2D eigenvalue weighted by atomic mass is 19.4. The van der Waals surface area contributed by atoms with E-state index in [0.29, 0.717) is 61.5 Å². The first-order valence-electron chi connectivity index (χ1n) is 15.5. The maximum atomic E-state index is 14.8. The molecule has 0 bridgehead atoms. The third kappa shape index (κ3) is 6.86. The molecule has 6 rings (SSSR count). The molecule has 4 heterocycles. The molecule has 11 nitrogen and oxygen atoms in total. The highest BCUT2D eigenvalue weighted by Gasteiger charge is 2.46. The van der Waals surface area contributed by atoms with Crippen LogP contribution >= 0.6 is 0 Å². The molecular weight excluding hydrogens is 634 g/mol. The smallest absolute Gasteiger partial charge is 0.429 e. The van der Waals surface area contributed by atoms with Crippen LogP contribution in [0.15, 0.2) is 54.7 Å². The summed E-state index contributed by atoms with van der Waals surface area (Å²) in [6.07, 6.45) is -3.98. The Morgan fingerprint density at radius 2 is 1.85 bits per heavy atom. The highest BCUT2D eigenvalue weighted by Crippen LogP contribution is 2.43. The number of hydrogen-bond donors (Lipinski definition) is 3. The molecule has 2 aromatic heterocycles. The topological polar surface area (TPSA) is 141 Å². The fraction of sp³-hybridized carbons (Fsp3) is 0.394. The maximum absolute atomic E-state index is 14.8. The van der Waals surface area contributed by atoms with Gasteiger partial charge in [0, 0.05) is 37.5 Å². The SMILES string of the molecule is CCOc1ccc(-c2ccc(C(Oc3cc(N4CCC5(CC4)CN[C@H](C(=O)O)C5)nc(N)n3)C(F)(F)F)c(-n3ccc(C)n3)c2)cc1F. The Kier molecular flexibility index (Phi) is 8.90. The zero-order valence-corrected chi connectivity index (χ0v) is 26.3. The zero-order valence-electron chi connectivity index (χ0n) is 26.3. The van der Waals surface area contributed by atoms with Crippen LogP contribution in [-0.2, 0) is 4.79 Å². The summed E-state index contributed by atoms with van der Waals surface area (Å²) in [6.45, 7) is 5.30. The molecule has 1 unspecified atom stereocenters. The standard InChI is InChI=1S/C33H35F4N7O4/c1-3-47-26-7-5-20(14-23(26)34)21-4-6-22(25(15-21)44-11-8-19(2)42-44)29(33(35,36)37)48-28-16-27(40-31(38)41-28)43-12-9-32(10-13-43)17-24(30(45)46)39-18-32/h4-8,11,14-16,24,29,39H,3,9-10,12-13,17-18H2,1-2H3,(H,45,46)(H2,38,40,41)/t24-,29?/m0/s1. The molecule has 2 fully saturated rings. The summed E-state index contributed by atoms with van der Waals surface area (Å²) < 4.78 is 71.5. The van der Waals surface area contributed by atoms with Crippen LogP contribution in [0.4, 0.5) is 29.3 Å². The van der Waals surface area contributed by atoms with E-state index in [0.717, 1.165) is 0 Å². The van der Waals surface area contributed by atoms with Gasteiger partial charge >= 0.3 is 12.1 Å². The molecule has 0 saturated carbocycles. The van der Waals surface area contributed by atoms with Gasteiger partial charge in [0.2, 0.25) is 17.9 Å². The monoisotopic (exact) mass is 669 g/mol. The molecule has 2 aromatic carbocycles. The first-order chi connectivity index (χ1) is 22.8. The van der Waals surface area contributed by atoms with Crippen LogP contribution in [0.1, 0.15) is 43.5 Å². The lowest BCUT2D eigenvalue weighted by Gasteiger charge is -2.39. The summed E-state index contributed by atoms with van der Waals surface area (Å²) in [7, 11) is 0. The van der Waals surface area contributed by atoms with Crippen molar-refractivity contribution in [2.75, 3.05) is 36.9 Å². The number of aryl methyl sites for hydroxylation is 1. The number of benzene rings is 2. The summed E-state index contributed by atoms with van der Waals surface area (Å²) in [4.78, 5) is 21.6. The third-order valence-electron chi connectivity index (χ3n) is 8.90. The molecule has 0 amide bonds. The lowest BCUT2D eigenvalue weighted by atomic mass is 9.76. The van der Waals surface area contributed by atoms with E-state index in [1.165, 1.54) is 47.3 Å². The second kappa shape index (κ2) is 12.9. The van der Waals surface area contributed by atoms with E-state index in [9.17, 15) is 27.5 Å². The largest absolute Gasteiger partial charge is 0.491 e. The summed E-state index contributed by atoms with van der Waals surface area (Å²) in [5.74, 6) is -1.73. The minimum Gasteiger partial charge on any atom is -0.491 e.